The van der Waals surface area contributed by atoms with Crippen LogP contribution in [0, 0.1) is 6.92 Å². The summed E-state index contributed by atoms with van der Waals surface area (Å²) in [5, 5.41) is 3.07. The van der Waals surface area contributed by atoms with Gasteiger partial charge in [-0.15, -0.1) is 0 Å². The molecule has 0 aliphatic carbocycles. The van der Waals surface area contributed by atoms with Gasteiger partial charge in [-0.1, -0.05) is 6.07 Å². The first kappa shape index (κ1) is 10.4. The molecule has 1 fully saturated rings. The third-order valence-corrected chi connectivity index (χ3v) is 3.26. The first-order chi connectivity index (χ1) is 7.22. The molecule has 1 atom stereocenters. The first-order valence-corrected chi connectivity index (χ1v) is 5.58. The minimum Gasteiger partial charge on any atom is -0.373 e. The maximum atomic E-state index is 4.53. The van der Waals surface area contributed by atoms with Crippen LogP contribution in [-0.2, 0) is 0 Å². The normalized spacial score (nSPS) is 21.9. The lowest BCUT2D eigenvalue weighted by Crippen LogP contribution is -2.18. The van der Waals surface area contributed by atoms with Gasteiger partial charge in [0.25, 0.3) is 0 Å². The monoisotopic (exact) mass is 205 g/mol. The predicted octanol–water partition coefficient (Wildman–Crippen LogP) is 2.20. The van der Waals surface area contributed by atoms with E-state index in [0.717, 1.165) is 11.5 Å². The Morgan fingerprint density at radius 2 is 2.27 bits per heavy atom. The Morgan fingerprint density at radius 1 is 1.47 bits per heavy atom. The fourth-order valence-electron chi connectivity index (χ4n) is 2.37. The standard InChI is InChI=1S/C12H19N3/c1-9-10(6-7-12(13-2)14-9)11-5-4-8-15(11)3/h6-7,11H,4-5,8H2,1-3H3,(H,13,14)/t11-/m0/s1. The van der Waals surface area contributed by atoms with Gasteiger partial charge in [-0.3, -0.25) is 4.90 Å². The van der Waals surface area contributed by atoms with Crippen LogP contribution in [0.25, 0.3) is 0 Å². The van der Waals surface area contributed by atoms with E-state index in [1.165, 1.54) is 24.9 Å². The van der Waals surface area contributed by atoms with Gasteiger partial charge in [0.1, 0.15) is 5.82 Å². The average molecular weight is 205 g/mol. The fourth-order valence-corrected chi connectivity index (χ4v) is 2.37. The van der Waals surface area contributed by atoms with Crippen molar-refractivity contribution in [3.05, 3.63) is 23.4 Å². The molecule has 15 heavy (non-hydrogen) atoms. The molecule has 0 radical (unpaired) electrons. The van der Waals surface area contributed by atoms with E-state index in [-0.39, 0.29) is 0 Å². The summed E-state index contributed by atoms with van der Waals surface area (Å²) in [7, 11) is 4.10. The van der Waals surface area contributed by atoms with Crippen molar-refractivity contribution in [1.82, 2.24) is 9.88 Å². The molecular weight excluding hydrogens is 186 g/mol. The molecule has 0 bridgehead atoms. The van der Waals surface area contributed by atoms with Crippen LogP contribution < -0.4 is 5.32 Å². The smallest absolute Gasteiger partial charge is 0.125 e. The topological polar surface area (TPSA) is 28.2 Å². The van der Waals surface area contributed by atoms with Crippen LogP contribution in [0.4, 0.5) is 5.82 Å². The van der Waals surface area contributed by atoms with Crippen LogP contribution in [0.3, 0.4) is 0 Å². The van der Waals surface area contributed by atoms with Gasteiger partial charge >= 0.3 is 0 Å². The van der Waals surface area contributed by atoms with Crippen LogP contribution >= 0.6 is 0 Å². The molecule has 0 unspecified atom stereocenters. The molecule has 1 aliphatic rings. The van der Waals surface area contributed by atoms with Crippen LogP contribution in [-0.4, -0.2) is 30.5 Å². The molecule has 0 amide bonds. The van der Waals surface area contributed by atoms with Gasteiger partial charge in [-0.2, -0.15) is 0 Å². The van der Waals surface area contributed by atoms with E-state index < -0.39 is 0 Å². The number of hydrogen-bond donors (Lipinski definition) is 1. The summed E-state index contributed by atoms with van der Waals surface area (Å²) in [5.74, 6) is 0.955. The molecule has 1 aliphatic heterocycles. The van der Waals surface area contributed by atoms with E-state index in [2.05, 4.69) is 41.3 Å². The van der Waals surface area contributed by atoms with Gasteiger partial charge < -0.3 is 5.32 Å². The Bertz CT molecular complexity index is 349. The Kier molecular flexibility index (Phi) is 2.91. The van der Waals surface area contributed by atoms with E-state index in [0.29, 0.717) is 6.04 Å². The first-order valence-electron chi connectivity index (χ1n) is 5.58. The lowest BCUT2D eigenvalue weighted by atomic mass is 10.0. The number of nitrogens with zero attached hydrogens (tertiary/aromatic N) is 2. The van der Waals surface area contributed by atoms with Crippen LogP contribution in [0.5, 0.6) is 0 Å². The maximum Gasteiger partial charge on any atom is 0.125 e. The van der Waals surface area contributed by atoms with Gasteiger partial charge in [0.15, 0.2) is 0 Å². The van der Waals surface area contributed by atoms with Crippen molar-refractivity contribution in [2.75, 3.05) is 26.0 Å². The number of aromatic nitrogens is 1. The molecule has 1 aromatic heterocycles. The van der Waals surface area contributed by atoms with E-state index in [9.17, 15) is 0 Å². The molecule has 3 nitrogen and oxygen atoms in total. The van der Waals surface area contributed by atoms with E-state index in [1.54, 1.807) is 0 Å². The molecule has 0 saturated carbocycles. The summed E-state index contributed by atoms with van der Waals surface area (Å²) in [4.78, 5) is 6.95. The average Bonchev–Trinajstić information content (AvgIpc) is 2.64. The van der Waals surface area contributed by atoms with Crippen molar-refractivity contribution in [3.63, 3.8) is 0 Å². The third kappa shape index (κ3) is 1.97. The van der Waals surface area contributed by atoms with Crippen molar-refractivity contribution < 1.29 is 0 Å². The molecule has 2 rings (SSSR count). The number of nitrogens with one attached hydrogen (secondary N) is 1. The number of hydrogen-bond acceptors (Lipinski definition) is 3. The molecule has 1 saturated heterocycles. The summed E-state index contributed by atoms with van der Waals surface area (Å²) in [6, 6.07) is 4.85. The Morgan fingerprint density at radius 3 is 2.80 bits per heavy atom. The van der Waals surface area contributed by atoms with E-state index in [4.69, 9.17) is 0 Å². The van der Waals surface area contributed by atoms with Crippen LogP contribution in [0.2, 0.25) is 0 Å². The van der Waals surface area contributed by atoms with Gasteiger partial charge in [-0.25, -0.2) is 4.98 Å². The second-order valence-corrected chi connectivity index (χ2v) is 4.26. The molecular formula is C12H19N3. The Balaban J connectivity index is 2.28. The third-order valence-electron chi connectivity index (χ3n) is 3.26. The maximum absolute atomic E-state index is 4.53. The highest BCUT2D eigenvalue weighted by Crippen LogP contribution is 2.31. The van der Waals surface area contributed by atoms with Crippen molar-refractivity contribution in [2.45, 2.75) is 25.8 Å². The van der Waals surface area contributed by atoms with Crippen molar-refractivity contribution in [2.24, 2.45) is 0 Å². The van der Waals surface area contributed by atoms with E-state index in [1.807, 2.05) is 7.05 Å². The molecule has 1 aromatic rings. The zero-order valence-electron chi connectivity index (χ0n) is 9.75. The van der Waals surface area contributed by atoms with Crippen molar-refractivity contribution in [3.8, 4) is 0 Å². The zero-order valence-corrected chi connectivity index (χ0v) is 9.75. The summed E-state index contributed by atoms with van der Waals surface area (Å²) in [6.45, 7) is 3.31. The molecule has 3 heteroatoms. The highest BCUT2D eigenvalue weighted by atomic mass is 15.1. The highest BCUT2D eigenvalue weighted by Gasteiger charge is 2.24. The van der Waals surface area contributed by atoms with E-state index >= 15 is 0 Å². The van der Waals surface area contributed by atoms with Crippen LogP contribution in [0.1, 0.15) is 30.1 Å². The molecule has 0 spiro atoms. The second kappa shape index (κ2) is 4.19. The van der Waals surface area contributed by atoms with Gasteiger partial charge in [0.05, 0.1) is 0 Å². The van der Waals surface area contributed by atoms with Gasteiger partial charge in [-0.05, 0) is 45.0 Å². The van der Waals surface area contributed by atoms with Crippen LogP contribution in [0.15, 0.2) is 12.1 Å². The molecule has 0 aromatic carbocycles. The Hall–Kier alpha value is -1.09. The fraction of sp³-hybridized carbons (Fsp3) is 0.583. The SMILES string of the molecule is CNc1ccc([C@@H]2CCCN2C)c(C)n1. The molecule has 1 N–H and O–H groups in total. The van der Waals surface area contributed by atoms with Crippen molar-refractivity contribution in [1.29, 1.82) is 0 Å². The molecule has 82 valence electrons. The second-order valence-electron chi connectivity index (χ2n) is 4.26. The number of likely N-dealkylation sites (tertiary alicyclic amines) is 1. The zero-order chi connectivity index (χ0) is 10.8. The number of pyridine rings is 1. The summed E-state index contributed by atoms with van der Waals surface area (Å²) in [6.07, 6.45) is 2.56. The summed E-state index contributed by atoms with van der Waals surface area (Å²) in [5.41, 5.74) is 2.54. The summed E-state index contributed by atoms with van der Waals surface area (Å²) < 4.78 is 0. The quantitative estimate of drug-likeness (QED) is 0.802. The molecule has 2 heterocycles. The van der Waals surface area contributed by atoms with Crippen molar-refractivity contribution >= 4 is 5.82 Å². The highest BCUT2D eigenvalue weighted by molar-refractivity contribution is 5.39. The predicted molar refractivity (Wildman–Crippen MR) is 63.1 cm³/mol. The lowest BCUT2D eigenvalue weighted by molar-refractivity contribution is 0.316. The lowest BCUT2D eigenvalue weighted by Gasteiger charge is -2.21. The van der Waals surface area contributed by atoms with Gasteiger partial charge in [0.2, 0.25) is 0 Å². The number of anilines is 1. The largest absolute Gasteiger partial charge is 0.373 e. The summed E-state index contributed by atoms with van der Waals surface area (Å²) >= 11 is 0. The Labute approximate surface area is 91.5 Å². The minimum atomic E-state index is 0.573. The van der Waals surface area contributed by atoms with Gasteiger partial charge in [0, 0.05) is 18.8 Å². The number of aryl methyl sites for hydroxylation is 1. The number of rotatable bonds is 2. The minimum absolute atomic E-state index is 0.573.